The van der Waals surface area contributed by atoms with Crippen molar-refractivity contribution in [2.75, 3.05) is 5.32 Å². The highest BCUT2D eigenvalue weighted by molar-refractivity contribution is 7.15. The van der Waals surface area contributed by atoms with Crippen molar-refractivity contribution in [3.63, 3.8) is 0 Å². The minimum absolute atomic E-state index is 0.0666. The number of nitrogens with one attached hydrogen (secondary N) is 1. The maximum Gasteiger partial charge on any atom is 0.445 e. The van der Waals surface area contributed by atoms with Gasteiger partial charge in [-0.1, -0.05) is 17.4 Å². The topological polar surface area (TPSA) is 72.7 Å². The van der Waals surface area contributed by atoms with E-state index in [1.54, 1.807) is 6.07 Å². The molecule has 0 saturated carbocycles. The van der Waals surface area contributed by atoms with Crippen LogP contribution in [-0.2, 0) is 6.18 Å². The molecule has 0 aliphatic rings. The Labute approximate surface area is 135 Å². The molecule has 1 amide bonds. The summed E-state index contributed by atoms with van der Waals surface area (Å²) in [5, 5.41) is 10.9. The van der Waals surface area contributed by atoms with Crippen molar-refractivity contribution in [1.82, 2.24) is 20.0 Å². The average molecular weight is 357 g/mol. The van der Waals surface area contributed by atoms with Crippen molar-refractivity contribution in [3.05, 3.63) is 53.0 Å². The fourth-order valence-corrected chi connectivity index (χ4v) is 2.36. The summed E-state index contributed by atoms with van der Waals surface area (Å²) >= 11 is 0.205. The van der Waals surface area contributed by atoms with Gasteiger partial charge in [-0.25, -0.2) is 9.07 Å². The summed E-state index contributed by atoms with van der Waals surface area (Å²) in [6.45, 7) is 0. The molecule has 0 aliphatic heterocycles. The van der Waals surface area contributed by atoms with Crippen LogP contribution in [0.4, 0.5) is 22.7 Å². The highest BCUT2D eigenvalue weighted by Gasteiger charge is 2.35. The van der Waals surface area contributed by atoms with Gasteiger partial charge in [-0.2, -0.15) is 18.3 Å². The van der Waals surface area contributed by atoms with Crippen LogP contribution in [0.5, 0.6) is 0 Å². The first kappa shape index (κ1) is 16.1. The molecular weight excluding hydrogens is 350 g/mol. The number of carbonyl (C=O) groups is 1. The number of carbonyl (C=O) groups excluding carboxylic acids is 1. The number of halogens is 4. The molecule has 0 atom stereocenters. The fraction of sp³-hybridized carbons (Fsp3) is 0.0769. The van der Waals surface area contributed by atoms with E-state index in [1.807, 2.05) is 0 Å². The van der Waals surface area contributed by atoms with Gasteiger partial charge in [0, 0.05) is 6.20 Å². The summed E-state index contributed by atoms with van der Waals surface area (Å²) in [6, 6.07) is 6.87. The molecule has 6 nitrogen and oxygen atoms in total. The molecule has 0 bridgehead atoms. The molecule has 0 fully saturated rings. The molecule has 11 heteroatoms. The normalized spacial score (nSPS) is 11.5. The zero-order valence-corrected chi connectivity index (χ0v) is 12.4. The Hall–Kier alpha value is -2.82. The molecule has 0 radical (unpaired) electrons. The van der Waals surface area contributed by atoms with Gasteiger partial charge < -0.3 is 0 Å². The zero-order valence-electron chi connectivity index (χ0n) is 11.6. The van der Waals surface area contributed by atoms with Gasteiger partial charge in [-0.05, 0) is 24.3 Å². The molecule has 3 rings (SSSR count). The third-order valence-corrected chi connectivity index (χ3v) is 3.67. The van der Waals surface area contributed by atoms with E-state index in [0.717, 1.165) is 0 Å². The van der Waals surface area contributed by atoms with E-state index < -0.39 is 22.9 Å². The number of anilines is 1. The first-order valence-corrected chi connectivity index (χ1v) is 7.18. The van der Waals surface area contributed by atoms with E-state index in [2.05, 4.69) is 20.6 Å². The Morgan fingerprint density at radius 3 is 2.67 bits per heavy atom. The Morgan fingerprint density at radius 2 is 2.00 bits per heavy atom. The van der Waals surface area contributed by atoms with Gasteiger partial charge in [0.2, 0.25) is 10.1 Å². The van der Waals surface area contributed by atoms with Gasteiger partial charge in [-0.15, -0.1) is 10.2 Å². The molecular formula is C13H7F4N5OS. The van der Waals surface area contributed by atoms with Crippen LogP contribution >= 0.6 is 11.3 Å². The number of benzene rings is 1. The van der Waals surface area contributed by atoms with Gasteiger partial charge in [-0.3, -0.25) is 10.1 Å². The van der Waals surface area contributed by atoms with E-state index in [-0.39, 0.29) is 22.2 Å². The molecule has 2 heterocycles. The number of nitrogens with zero attached hydrogens (tertiary/aromatic N) is 4. The van der Waals surface area contributed by atoms with Crippen LogP contribution in [0.3, 0.4) is 0 Å². The van der Waals surface area contributed by atoms with E-state index in [1.165, 1.54) is 35.1 Å². The first-order chi connectivity index (χ1) is 11.3. The molecule has 3 aromatic rings. The fourth-order valence-electron chi connectivity index (χ4n) is 1.76. The number of rotatable bonds is 3. The maximum atomic E-state index is 13.2. The second-order valence-corrected chi connectivity index (χ2v) is 5.47. The summed E-state index contributed by atoms with van der Waals surface area (Å²) in [7, 11) is 0. The summed E-state index contributed by atoms with van der Waals surface area (Å²) in [6.07, 6.45) is -3.20. The molecule has 24 heavy (non-hydrogen) atoms. The Kier molecular flexibility index (Phi) is 4.01. The smallest absolute Gasteiger partial charge is 0.295 e. The molecule has 1 aromatic carbocycles. The SMILES string of the molecule is O=C(Nc1nnc(C(F)(F)F)s1)c1ccn(-c2cccc(F)c2)n1. The minimum Gasteiger partial charge on any atom is -0.295 e. The number of hydrogen-bond acceptors (Lipinski definition) is 5. The Balaban J connectivity index is 1.76. The second-order valence-electron chi connectivity index (χ2n) is 4.49. The number of hydrogen-bond donors (Lipinski definition) is 1. The van der Waals surface area contributed by atoms with Crippen molar-refractivity contribution in [3.8, 4) is 5.69 Å². The van der Waals surface area contributed by atoms with Gasteiger partial charge in [0.25, 0.3) is 5.91 Å². The van der Waals surface area contributed by atoms with Crippen LogP contribution in [0.15, 0.2) is 36.5 Å². The van der Waals surface area contributed by atoms with Crippen molar-refractivity contribution in [1.29, 1.82) is 0 Å². The highest BCUT2D eigenvalue weighted by atomic mass is 32.1. The van der Waals surface area contributed by atoms with Crippen molar-refractivity contribution < 1.29 is 22.4 Å². The van der Waals surface area contributed by atoms with E-state index >= 15 is 0 Å². The van der Waals surface area contributed by atoms with Gasteiger partial charge in [0.15, 0.2) is 5.69 Å². The lowest BCUT2D eigenvalue weighted by molar-refractivity contribution is -0.138. The van der Waals surface area contributed by atoms with Crippen LogP contribution in [0.1, 0.15) is 15.5 Å². The third kappa shape index (κ3) is 3.40. The highest BCUT2D eigenvalue weighted by Crippen LogP contribution is 2.33. The summed E-state index contributed by atoms with van der Waals surface area (Å²) in [4.78, 5) is 12.0. The van der Waals surface area contributed by atoms with Crippen LogP contribution < -0.4 is 5.32 Å². The summed E-state index contributed by atoms with van der Waals surface area (Å²) in [5.74, 6) is -1.22. The van der Waals surface area contributed by atoms with E-state index in [0.29, 0.717) is 5.69 Å². The van der Waals surface area contributed by atoms with Crippen LogP contribution in [0, 0.1) is 5.82 Å². The molecule has 0 unspecified atom stereocenters. The number of amides is 1. The lowest BCUT2D eigenvalue weighted by Gasteiger charge is -2.01. The predicted octanol–water partition coefficient (Wildman–Crippen LogP) is 3.13. The molecule has 0 aliphatic carbocycles. The molecule has 2 aromatic heterocycles. The predicted molar refractivity (Wildman–Crippen MR) is 76.4 cm³/mol. The lowest BCUT2D eigenvalue weighted by atomic mass is 10.3. The average Bonchev–Trinajstić information content (AvgIpc) is 3.15. The summed E-state index contributed by atoms with van der Waals surface area (Å²) in [5.41, 5.74) is 0.326. The van der Waals surface area contributed by atoms with Crippen LogP contribution in [-0.4, -0.2) is 25.9 Å². The number of aromatic nitrogens is 4. The molecule has 0 saturated heterocycles. The first-order valence-electron chi connectivity index (χ1n) is 6.36. The van der Waals surface area contributed by atoms with Crippen LogP contribution in [0.2, 0.25) is 0 Å². The van der Waals surface area contributed by atoms with Gasteiger partial charge in [0.05, 0.1) is 5.69 Å². The third-order valence-electron chi connectivity index (χ3n) is 2.78. The van der Waals surface area contributed by atoms with Gasteiger partial charge >= 0.3 is 6.18 Å². The quantitative estimate of drug-likeness (QED) is 0.731. The maximum absolute atomic E-state index is 13.2. The van der Waals surface area contributed by atoms with Crippen LogP contribution in [0.25, 0.3) is 5.69 Å². The monoisotopic (exact) mass is 357 g/mol. The van der Waals surface area contributed by atoms with E-state index in [4.69, 9.17) is 0 Å². The lowest BCUT2D eigenvalue weighted by Crippen LogP contribution is -2.13. The van der Waals surface area contributed by atoms with Gasteiger partial charge in [0.1, 0.15) is 5.82 Å². The van der Waals surface area contributed by atoms with Crippen molar-refractivity contribution in [2.24, 2.45) is 0 Å². The Bertz CT molecular complexity index is 888. The number of alkyl halides is 3. The second kappa shape index (κ2) is 6.00. The Morgan fingerprint density at radius 1 is 1.21 bits per heavy atom. The largest absolute Gasteiger partial charge is 0.445 e. The molecule has 1 N–H and O–H groups in total. The standard InChI is InChI=1S/C13H7F4N5OS/c14-7-2-1-3-8(6-7)22-5-4-9(21-22)10(23)18-12-20-19-11(24-12)13(15,16)17/h1-6H,(H,18,20,23). The molecule has 0 spiro atoms. The minimum atomic E-state index is -4.63. The van der Waals surface area contributed by atoms with Crippen molar-refractivity contribution in [2.45, 2.75) is 6.18 Å². The molecule has 124 valence electrons. The van der Waals surface area contributed by atoms with Crippen molar-refractivity contribution >= 4 is 22.4 Å². The van der Waals surface area contributed by atoms with E-state index in [9.17, 15) is 22.4 Å². The summed E-state index contributed by atoms with van der Waals surface area (Å²) < 4.78 is 51.7. The zero-order chi connectivity index (χ0) is 17.3.